The van der Waals surface area contributed by atoms with E-state index in [1.165, 1.54) is 0 Å². The van der Waals surface area contributed by atoms with Crippen LogP contribution >= 0.6 is 11.6 Å². The van der Waals surface area contributed by atoms with Crippen molar-refractivity contribution in [3.8, 4) is 11.4 Å². The van der Waals surface area contributed by atoms with Gasteiger partial charge in [0.2, 0.25) is 17.6 Å². The van der Waals surface area contributed by atoms with E-state index < -0.39 is 0 Å². The fourth-order valence-corrected chi connectivity index (χ4v) is 1.94. The zero-order valence-electron chi connectivity index (χ0n) is 11.4. The Kier molecular flexibility index (Phi) is 4.74. The van der Waals surface area contributed by atoms with Crippen LogP contribution in [0.4, 0.5) is 0 Å². The number of nitrogens with one attached hydrogen (secondary N) is 1. The van der Waals surface area contributed by atoms with Gasteiger partial charge in [0.25, 0.3) is 0 Å². The lowest BCUT2D eigenvalue weighted by Crippen LogP contribution is -2.30. The highest BCUT2D eigenvalue weighted by Gasteiger charge is 2.12. The molecule has 106 valence electrons. The normalized spacial score (nSPS) is 10.8. The number of hydrogen-bond acceptors (Lipinski definition) is 4. The molecule has 0 bridgehead atoms. The number of aromatic nitrogens is 2. The molecule has 1 aromatic carbocycles. The third kappa shape index (κ3) is 3.81. The number of nitrogens with zero attached hydrogens (tertiary/aromatic N) is 2. The molecule has 0 unspecified atom stereocenters. The Balaban J connectivity index is 2.00. The number of carbonyl (C=O) groups is 1. The maximum absolute atomic E-state index is 11.5. The smallest absolute Gasteiger partial charge is 0.227 e. The van der Waals surface area contributed by atoms with Gasteiger partial charge in [-0.15, -0.1) is 0 Å². The summed E-state index contributed by atoms with van der Waals surface area (Å²) < 4.78 is 5.13. The number of benzene rings is 1. The molecule has 1 N–H and O–H groups in total. The van der Waals surface area contributed by atoms with E-state index in [-0.39, 0.29) is 11.9 Å². The molecule has 0 aliphatic heterocycles. The summed E-state index contributed by atoms with van der Waals surface area (Å²) in [7, 11) is 0. The van der Waals surface area contributed by atoms with Crippen LogP contribution in [0.3, 0.4) is 0 Å². The van der Waals surface area contributed by atoms with Crippen LogP contribution in [-0.4, -0.2) is 22.1 Å². The average molecular weight is 294 g/mol. The molecule has 0 saturated carbocycles. The van der Waals surface area contributed by atoms with E-state index in [0.717, 1.165) is 5.56 Å². The van der Waals surface area contributed by atoms with Crippen molar-refractivity contribution in [1.29, 1.82) is 0 Å². The molecular weight excluding hydrogens is 278 g/mol. The molecule has 0 aliphatic rings. The van der Waals surface area contributed by atoms with Crippen LogP contribution in [0.15, 0.2) is 28.8 Å². The first-order valence-electron chi connectivity index (χ1n) is 6.43. The Morgan fingerprint density at radius 1 is 1.40 bits per heavy atom. The van der Waals surface area contributed by atoms with Crippen LogP contribution in [0.5, 0.6) is 0 Å². The second-order valence-corrected chi connectivity index (χ2v) is 5.12. The van der Waals surface area contributed by atoms with Crippen molar-refractivity contribution < 1.29 is 9.32 Å². The van der Waals surface area contributed by atoms with E-state index in [0.29, 0.717) is 29.6 Å². The van der Waals surface area contributed by atoms with Gasteiger partial charge >= 0.3 is 0 Å². The van der Waals surface area contributed by atoms with E-state index in [1.54, 1.807) is 6.07 Å². The molecule has 1 heterocycles. The first kappa shape index (κ1) is 14.5. The van der Waals surface area contributed by atoms with Crippen LogP contribution in [0.25, 0.3) is 11.4 Å². The fourth-order valence-electron chi connectivity index (χ4n) is 1.72. The zero-order valence-corrected chi connectivity index (χ0v) is 12.1. The third-order valence-electron chi connectivity index (χ3n) is 2.60. The maximum Gasteiger partial charge on any atom is 0.227 e. The molecule has 0 atom stereocenters. The topological polar surface area (TPSA) is 68.0 Å². The van der Waals surface area contributed by atoms with Gasteiger partial charge in [0.15, 0.2) is 0 Å². The molecule has 2 aromatic rings. The molecule has 0 radical (unpaired) electrons. The Hall–Kier alpha value is -1.88. The molecule has 0 aliphatic carbocycles. The summed E-state index contributed by atoms with van der Waals surface area (Å²) in [6, 6.07) is 7.41. The predicted molar refractivity (Wildman–Crippen MR) is 76.3 cm³/mol. The summed E-state index contributed by atoms with van der Waals surface area (Å²) in [6.45, 7) is 3.83. The molecule has 0 spiro atoms. The first-order valence-corrected chi connectivity index (χ1v) is 6.81. The molecule has 2 rings (SSSR count). The van der Waals surface area contributed by atoms with E-state index in [1.807, 2.05) is 32.0 Å². The maximum atomic E-state index is 11.5. The summed E-state index contributed by atoms with van der Waals surface area (Å²) in [5.74, 6) is 0.839. The largest absolute Gasteiger partial charge is 0.354 e. The highest BCUT2D eigenvalue weighted by Crippen LogP contribution is 2.24. The Morgan fingerprint density at radius 2 is 2.15 bits per heavy atom. The van der Waals surface area contributed by atoms with Crippen LogP contribution < -0.4 is 5.32 Å². The predicted octanol–water partition coefficient (Wildman–Crippen LogP) is 2.85. The Bertz CT molecular complexity index is 596. The van der Waals surface area contributed by atoms with Crippen molar-refractivity contribution in [1.82, 2.24) is 15.5 Å². The van der Waals surface area contributed by atoms with E-state index in [9.17, 15) is 4.79 Å². The first-order chi connectivity index (χ1) is 9.56. The minimum absolute atomic E-state index is 0.0301. The van der Waals surface area contributed by atoms with Gasteiger partial charge in [0.1, 0.15) is 0 Å². The number of aryl methyl sites for hydroxylation is 1. The molecule has 1 amide bonds. The minimum Gasteiger partial charge on any atom is -0.354 e. The van der Waals surface area contributed by atoms with Gasteiger partial charge in [-0.2, -0.15) is 4.98 Å². The summed E-state index contributed by atoms with van der Waals surface area (Å²) in [6.07, 6.45) is 0.734. The molecule has 0 saturated heterocycles. The van der Waals surface area contributed by atoms with Gasteiger partial charge in [-0.05, 0) is 26.0 Å². The minimum atomic E-state index is -0.0301. The fraction of sp³-hybridized carbons (Fsp3) is 0.357. The van der Waals surface area contributed by atoms with Crippen LogP contribution in [0.2, 0.25) is 5.02 Å². The highest BCUT2D eigenvalue weighted by atomic mass is 35.5. The van der Waals surface area contributed by atoms with Crippen LogP contribution in [-0.2, 0) is 11.2 Å². The molecule has 6 heteroatoms. The third-order valence-corrected chi connectivity index (χ3v) is 2.93. The van der Waals surface area contributed by atoms with Crippen molar-refractivity contribution in [2.75, 3.05) is 0 Å². The number of hydrogen-bond donors (Lipinski definition) is 1. The Labute approximate surface area is 122 Å². The van der Waals surface area contributed by atoms with Gasteiger partial charge in [-0.25, -0.2) is 0 Å². The second-order valence-electron chi connectivity index (χ2n) is 4.71. The monoisotopic (exact) mass is 293 g/mol. The number of halogens is 1. The standard InChI is InChI=1S/C14H16ClN3O2/c1-9(2)16-12(19)7-8-13-17-14(18-20-13)10-5-3-4-6-11(10)15/h3-6,9H,7-8H2,1-2H3,(H,16,19). The van der Waals surface area contributed by atoms with Crippen molar-refractivity contribution >= 4 is 17.5 Å². The van der Waals surface area contributed by atoms with Crippen molar-refractivity contribution in [2.45, 2.75) is 32.7 Å². The summed E-state index contributed by atoms with van der Waals surface area (Å²) in [5, 5.41) is 7.26. The lowest BCUT2D eigenvalue weighted by Gasteiger charge is -2.06. The van der Waals surface area contributed by atoms with Crippen LogP contribution in [0.1, 0.15) is 26.2 Å². The average Bonchev–Trinajstić information content (AvgIpc) is 2.85. The van der Waals surface area contributed by atoms with Gasteiger partial charge in [-0.3, -0.25) is 4.79 Å². The quantitative estimate of drug-likeness (QED) is 0.920. The lowest BCUT2D eigenvalue weighted by molar-refractivity contribution is -0.121. The van der Waals surface area contributed by atoms with E-state index in [2.05, 4.69) is 15.5 Å². The van der Waals surface area contributed by atoms with Crippen molar-refractivity contribution in [2.24, 2.45) is 0 Å². The summed E-state index contributed by atoms with van der Waals surface area (Å²) in [4.78, 5) is 15.8. The number of rotatable bonds is 5. The zero-order chi connectivity index (χ0) is 14.5. The summed E-state index contributed by atoms with van der Waals surface area (Å²) >= 11 is 6.07. The molecule has 5 nitrogen and oxygen atoms in total. The molecule has 1 aromatic heterocycles. The molecular formula is C14H16ClN3O2. The van der Waals surface area contributed by atoms with Crippen molar-refractivity contribution in [3.05, 3.63) is 35.2 Å². The highest BCUT2D eigenvalue weighted by molar-refractivity contribution is 6.33. The van der Waals surface area contributed by atoms with Crippen LogP contribution in [0, 0.1) is 0 Å². The number of amides is 1. The Morgan fingerprint density at radius 3 is 2.85 bits per heavy atom. The van der Waals surface area contributed by atoms with Gasteiger partial charge in [0, 0.05) is 24.4 Å². The SMILES string of the molecule is CC(C)NC(=O)CCc1nc(-c2ccccc2Cl)no1. The number of carbonyl (C=O) groups excluding carboxylic acids is 1. The summed E-state index contributed by atoms with van der Waals surface area (Å²) in [5.41, 5.74) is 0.718. The lowest BCUT2D eigenvalue weighted by atomic mass is 10.2. The molecule has 20 heavy (non-hydrogen) atoms. The van der Waals surface area contributed by atoms with Crippen molar-refractivity contribution in [3.63, 3.8) is 0 Å². The van der Waals surface area contributed by atoms with Gasteiger partial charge in [0.05, 0.1) is 5.02 Å². The van der Waals surface area contributed by atoms with Gasteiger partial charge < -0.3 is 9.84 Å². The van der Waals surface area contributed by atoms with Gasteiger partial charge in [-0.1, -0.05) is 28.9 Å². The van der Waals surface area contributed by atoms with E-state index >= 15 is 0 Å². The second kappa shape index (κ2) is 6.52. The van der Waals surface area contributed by atoms with E-state index in [4.69, 9.17) is 16.1 Å². The molecule has 0 fully saturated rings.